The average Bonchev–Trinajstić information content (AvgIpc) is 2.64. The summed E-state index contributed by atoms with van der Waals surface area (Å²) < 4.78 is 0. The molecule has 0 saturated heterocycles. The number of amides is 1. The van der Waals surface area contributed by atoms with Crippen molar-refractivity contribution in [1.82, 2.24) is 5.32 Å². The number of carbonyl (C=O) groups is 1. The molecular formula is C20H23N3O2. The summed E-state index contributed by atoms with van der Waals surface area (Å²) in [4.78, 5) is 12.0. The Hall–Kier alpha value is -2.84. The number of rotatable bonds is 7. The van der Waals surface area contributed by atoms with Gasteiger partial charge >= 0.3 is 0 Å². The summed E-state index contributed by atoms with van der Waals surface area (Å²) in [6.45, 7) is 4.50. The zero-order valence-electron chi connectivity index (χ0n) is 14.5. The maximum absolute atomic E-state index is 12.0. The van der Waals surface area contributed by atoms with Crippen molar-refractivity contribution in [2.24, 2.45) is 0 Å². The SMILES string of the molecule is CC(C)(C#N)c1ccccc1CNc1cccc(C(=O)NCCO)c1. The van der Waals surface area contributed by atoms with Gasteiger partial charge in [-0.15, -0.1) is 0 Å². The van der Waals surface area contributed by atoms with Gasteiger partial charge in [0.05, 0.1) is 18.1 Å². The summed E-state index contributed by atoms with van der Waals surface area (Å²) in [5.74, 6) is -0.219. The molecule has 0 atom stereocenters. The number of aliphatic hydroxyl groups excluding tert-OH is 1. The number of hydrogen-bond donors (Lipinski definition) is 3. The summed E-state index contributed by atoms with van der Waals surface area (Å²) in [6, 6.07) is 17.4. The number of nitriles is 1. The number of anilines is 1. The van der Waals surface area contributed by atoms with Crippen LogP contribution in [0.3, 0.4) is 0 Å². The monoisotopic (exact) mass is 337 g/mol. The van der Waals surface area contributed by atoms with Gasteiger partial charge in [0.1, 0.15) is 0 Å². The van der Waals surface area contributed by atoms with Crippen LogP contribution in [0.5, 0.6) is 0 Å². The van der Waals surface area contributed by atoms with E-state index in [1.807, 2.05) is 44.2 Å². The predicted molar refractivity (Wildman–Crippen MR) is 98.3 cm³/mol. The molecule has 1 amide bonds. The standard InChI is InChI=1S/C20H23N3O2/c1-20(2,14-21)18-9-4-3-6-16(18)13-23-17-8-5-7-15(12-17)19(25)22-10-11-24/h3-9,12,23-24H,10-11,13H2,1-2H3,(H,22,25). The largest absolute Gasteiger partial charge is 0.395 e. The number of carbonyl (C=O) groups excluding carboxylic acids is 1. The number of nitrogens with zero attached hydrogens (tertiary/aromatic N) is 1. The third-order valence-electron chi connectivity index (χ3n) is 3.98. The molecule has 0 spiro atoms. The van der Waals surface area contributed by atoms with Gasteiger partial charge in [-0.05, 0) is 43.2 Å². The molecule has 0 radical (unpaired) electrons. The molecule has 3 N–H and O–H groups in total. The van der Waals surface area contributed by atoms with Gasteiger partial charge in [0, 0.05) is 24.3 Å². The molecular weight excluding hydrogens is 314 g/mol. The molecule has 0 bridgehead atoms. The van der Waals surface area contributed by atoms with E-state index in [1.165, 1.54) is 0 Å². The fourth-order valence-electron chi connectivity index (χ4n) is 2.58. The van der Waals surface area contributed by atoms with E-state index in [1.54, 1.807) is 18.2 Å². The lowest BCUT2D eigenvalue weighted by Gasteiger charge is -2.20. The second-order valence-electron chi connectivity index (χ2n) is 6.31. The quantitative estimate of drug-likeness (QED) is 0.725. The highest BCUT2D eigenvalue weighted by atomic mass is 16.3. The minimum Gasteiger partial charge on any atom is -0.395 e. The van der Waals surface area contributed by atoms with Crippen LogP contribution in [0, 0.1) is 11.3 Å². The van der Waals surface area contributed by atoms with Gasteiger partial charge in [-0.1, -0.05) is 30.3 Å². The summed E-state index contributed by atoms with van der Waals surface area (Å²) in [6.07, 6.45) is 0. The van der Waals surface area contributed by atoms with E-state index >= 15 is 0 Å². The molecule has 2 aromatic carbocycles. The molecule has 0 aromatic heterocycles. The lowest BCUT2D eigenvalue weighted by molar-refractivity contribution is 0.0945. The molecule has 5 nitrogen and oxygen atoms in total. The molecule has 2 rings (SSSR count). The Kier molecular flexibility index (Phi) is 6.15. The Bertz CT molecular complexity index is 779. The fraction of sp³-hybridized carbons (Fsp3) is 0.300. The van der Waals surface area contributed by atoms with Crippen molar-refractivity contribution >= 4 is 11.6 Å². The van der Waals surface area contributed by atoms with E-state index in [0.717, 1.165) is 16.8 Å². The van der Waals surface area contributed by atoms with Crippen LogP contribution in [0.25, 0.3) is 0 Å². The molecule has 0 aliphatic heterocycles. The fourth-order valence-corrected chi connectivity index (χ4v) is 2.58. The maximum atomic E-state index is 12.0. The van der Waals surface area contributed by atoms with Crippen molar-refractivity contribution in [3.8, 4) is 6.07 Å². The number of aliphatic hydroxyl groups is 1. The van der Waals surface area contributed by atoms with Crippen LogP contribution in [-0.4, -0.2) is 24.2 Å². The molecule has 5 heteroatoms. The maximum Gasteiger partial charge on any atom is 0.251 e. The van der Waals surface area contributed by atoms with Crippen LogP contribution in [0.2, 0.25) is 0 Å². The van der Waals surface area contributed by atoms with Crippen LogP contribution in [-0.2, 0) is 12.0 Å². The Morgan fingerprint density at radius 1 is 1.20 bits per heavy atom. The van der Waals surface area contributed by atoms with Gasteiger partial charge in [0.25, 0.3) is 5.91 Å². The lowest BCUT2D eigenvalue weighted by atomic mass is 9.83. The lowest BCUT2D eigenvalue weighted by Crippen LogP contribution is -2.26. The van der Waals surface area contributed by atoms with Gasteiger partial charge in [-0.2, -0.15) is 5.26 Å². The normalized spacial score (nSPS) is 10.8. The second kappa shape index (κ2) is 8.32. The molecule has 0 fully saturated rings. The molecule has 0 heterocycles. The van der Waals surface area contributed by atoms with Crippen molar-refractivity contribution < 1.29 is 9.90 Å². The molecule has 0 unspecified atom stereocenters. The van der Waals surface area contributed by atoms with Crippen molar-refractivity contribution in [3.05, 3.63) is 65.2 Å². The first-order valence-corrected chi connectivity index (χ1v) is 8.20. The van der Waals surface area contributed by atoms with Gasteiger partial charge in [-0.25, -0.2) is 0 Å². The predicted octanol–water partition coefficient (Wildman–Crippen LogP) is 2.82. The third-order valence-corrected chi connectivity index (χ3v) is 3.98. The summed E-state index contributed by atoms with van der Waals surface area (Å²) in [5, 5.41) is 24.1. The molecule has 2 aromatic rings. The van der Waals surface area contributed by atoms with Crippen LogP contribution in [0.15, 0.2) is 48.5 Å². The van der Waals surface area contributed by atoms with Crippen molar-refractivity contribution in [1.29, 1.82) is 5.26 Å². The zero-order chi connectivity index (χ0) is 18.3. The van der Waals surface area contributed by atoms with E-state index in [2.05, 4.69) is 16.7 Å². The van der Waals surface area contributed by atoms with Gasteiger partial charge in [-0.3, -0.25) is 4.79 Å². The van der Waals surface area contributed by atoms with Crippen LogP contribution >= 0.6 is 0 Å². The van der Waals surface area contributed by atoms with Gasteiger partial charge < -0.3 is 15.7 Å². The van der Waals surface area contributed by atoms with Crippen LogP contribution in [0.4, 0.5) is 5.69 Å². The Morgan fingerprint density at radius 2 is 1.96 bits per heavy atom. The Morgan fingerprint density at radius 3 is 2.68 bits per heavy atom. The minimum atomic E-state index is -0.565. The molecule has 130 valence electrons. The number of nitrogens with one attached hydrogen (secondary N) is 2. The summed E-state index contributed by atoms with van der Waals surface area (Å²) >= 11 is 0. The highest BCUT2D eigenvalue weighted by Crippen LogP contribution is 2.26. The van der Waals surface area contributed by atoms with Crippen LogP contribution in [0.1, 0.15) is 35.3 Å². The Balaban J connectivity index is 2.13. The van der Waals surface area contributed by atoms with Crippen molar-refractivity contribution in [2.45, 2.75) is 25.8 Å². The third kappa shape index (κ3) is 4.82. The first kappa shape index (κ1) is 18.5. The average molecular weight is 337 g/mol. The molecule has 0 aliphatic carbocycles. The van der Waals surface area contributed by atoms with E-state index in [4.69, 9.17) is 5.11 Å². The first-order valence-electron chi connectivity index (χ1n) is 8.20. The Labute approximate surface area is 148 Å². The summed E-state index contributed by atoms with van der Waals surface area (Å²) in [7, 11) is 0. The van der Waals surface area contributed by atoms with Crippen LogP contribution < -0.4 is 10.6 Å². The minimum absolute atomic E-state index is 0.0882. The van der Waals surface area contributed by atoms with E-state index in [9.17, 15) is 10.1 Å². The summed E-state index contributed by atoms with van der Waals surface area (Å²) in [5.41, 5.74) is 2.82. The first-order chi connectivity index (χ1) is 12.0. The smallest absolute Gasteiger partial charge is 0.251 e. The second-order valence-corrected chi connectivity index (χ2v) is 6.31. The molecule has 0 aliphatic rings. The van der Waals surface area contributed by atoms with Gasteiger partial charge in [0.15, 0.2) is 0 Å². The number of benzene rings is 2. The molecule has 25 heavy (non-hydrogen) atoms. The zero-order valence-corrected chi connectivity index (χ0v) is 14.5. The van der Waals surface area contributed by atoms with E-state index in [-0.39, 0.29) is 19.1 Å². The molecule has 0 saturated carbocycles. The highest BCUT2D eigenvalue weighted by Gasteiger charge is 2.22. The van der Waals surface area contributed by atoms with Crippen molar-refractivity contribution in [3.63, 3.8) is 0 Å². The van der Waals surface area contributed by atoms with E-state index in [0.29, 0.717) is 12.1 Å². The number of hydrogen-bond acceptors (Lipinski definition) is 4. The van der Waals surface area contributed by atoms with Gasteiger partial charge in [0.2, 0.25) is 0 Å². The van der Waals surface area contributed by atoms with E-state index < -0.39 is 5.41 Å². The van der Waals surface area contributed by atoms with Crippen molar-refractivity contribution in [2.75, 3.05) is 18.5 Å². The topological polar surface area (TPSA) is 85.2 Å². The highest BCUT2D eigenvalue weighted by molar-refractivity contribution is 5.95.